The maximum Gasteiger partial charge on any atom is 0.123 e. The van der Waals surface area contributed by atoms with Gasteiger partial charge in [0.05, 0.1) is 12.8 Å². The first-order valence-corrected chi connectivity index (χ1v) is 15.4. The van der Waals surface area contributed by atoms with Crippen molar-refractivity contribution in [2.45, 2.75) is 46.0 Å². The lowest BCUT2D eigenvalue weighted by molar-refractivity contribution is 0.308. The average molecular weight is 585 g/mol. The van der Waals surface area contributed by atoms with Crippen LogP contribution < -0.4 is 4.74 Å². The van der Waals surface area contributed by atoms with Crippen LogP contribution >= 0.6 is 0 Å². The topological polar surface area (TPSA) is 45.4 Å². The van der Waals surface area contributed by atoms with Crippen LogP contribution in [-0.2, 0) is 0 Å². The predicted octanol–water partition coefficient (Wildman–Crippen LogP) is 10.7. The van der Waals surface area contributed by atoms with Gasteiger partial charge in [-0.25, -0.2) is 4.39 Å². The molecule has 0 spiro atoms. The first-order valence-electron chi connectivity index (χ1n) is 15.4. The molecule has 0 bridgehead atoms. The summed E-state index contributed by atoms with van der Waals surface area (Å²) < 4.78 is 19.2. The second kappa shape index (κ2) is 13.8. The molecule has 4 heteroatoms. The average Bonchev–Trinajstić information content (AvgIpc) is 3.25. The molecule has 1 heterocycles. The van der Waals surface area contributed by atoms with Gasteiger partial charge in [-0.3, -0.25) is 4.99 Å². The Balaban J connectivity index is 1.34. The number of benzene rings is 3. The molecule has 1 saturated carbocycles. The molecular weight excluding hydrogens is 543 g/mol. The Bertz CT molecular complexity index is 1690. The van der Waals surface area contributed by atoms with E-state index in [-0.39, 0.29) is 11.7 Å². The molecule has 3 aromatic rings. The van der Waals surface area contributed by atoms with Crippen LogP contribution in [0.3, 0.4) is 0 Å². The van der Waals surface area contributed by atoms with Gasteiger partial charge in [-0.15, -0.1) is 12.3 Å². The number of nitrogens with zero attached hydrogens (tertiary/aromatic N) is 1. The third-order valence-corrected chi connectivity index (χ3v) is 9.19. The Morgan fingerprint density at radius 2 is 1.80 bits per heavy atom. The molecule has 1 aliphatic carbocycles. The van der Waals surface area contributed by atoms with E-state index in [0.717, 1.165) is 88.1 Å². The minimum Gasteiger partial charge on any atom is -0.496 e. The van der Waals surface area contributed by atoms with Crippen molar-refractivity contribution in [1.82, 2.24) is 0 Å². The summed E-state index contributed by atoms with van der Waals surface area (Å²) in [5.74, 6) is 1.51. The Kier molecular flexibility index (Phi) is 9.72. The summed E-state index contributed by atoms with van der Waals surface area (Å²) in [4.78, 5) is 4.64. The van der Waals surface area contributed by atoms with E-state index in [4.69, 9.17) is 10.1 Å². The highest BCUT2D eigenvalue weighted by atomic mass is 19.1. The summed E-state index contributed by atoms with van der Waals surface area (Å²) in [6, 6.07) is 19.1. The van der Waals surface area contributed by atoms with Crippen molar-refractivity contribution < 1.29 is 9.13 Å². The molecule has 224 valence electrons. The summed E-state index contributed by atoms with van der Waals surface area (Å²) in [6.07, 6.45) is 12.3. The second-order valence-electron chi connectivity index (χ2n) is 11.9. The van der Waals surface area contributed by atoms with E-state index in [1.54, 1.807) is 13.3 Å². The zero-order chi connectivity index (χ0) is 31.2. The standard InChI is InChI=1S/C40H41FN2O/c1-6-26(2)40(34-12-9-27(3)39(24-34)44-5)37(25-42)28(4)30-13-10-29(11-14-30)22-33-8-7-21-43-38-20-17-32(23-36(33)38)31-15-18-35(41)19-16-31/h6-7,9,12,15-21,23-26,29-30,42H,1,4,10-11,13-14,22H2,2-3,5H3/b40-37+,42-25?. The van der Waals surface area contributed by atoms with E-state index >= 15 is 0 Å². The number of methoxy groups -OCH3 is 1. The SMILES string of the molecule is C=CC(C)/C(=C(/C=N)C(=C)C1CCC(CC2=C=CC=Nc3ccc(-c4ccc(F)cc4)cc32)CC1)c1ccc(C)c(OC)c1. The first-order chi connectivity index (χ1) is 21.3. The maximum absolute atomic E-state index is 13.5. The van der Waals surface area contributed by atoms with Gasteiger partial charge in [0.25, 0.3) is 0 Å². The normalized spacial score (nSPS) is 18.8. The van der Waals surface area contributed by atoms with Gasteiger partial charge < -0.3 is 10.1 Å². The van der Waals surface area contributed by atoms with Gasteiger partial charge in [0.1, 0.15) is 11.6 Å². The zero-order valence-electron chi connectivity index (χ0n) is 26.0. The van der Waals surface area contributed by atoms with Gasteiger partial charge >= 0.3 is 0 Å². The monoisotopic (exact) mass is 584 g/mol. The van der Waals surface area contributed by atoms with Crippen molar-refractivity contribution in [3.63, 3.8) is 0 Å². The van der Waals surface area contributed by atoms with E-state index < -0.39 is 0 Å². The van der Waals surface area contributed by atoms with Crippen LogP contribution in [0.4, 0.5) is 10.1 Å². The largest absolute Gasteiger partial charge is 0.496 e. The Hall–Kier alpha value is -4.53. The fourth-order valence-corrected chi connectivity index (χ4v) is 6.55. The van der Waals surface area contributed by atoms with Gasteiger partial charge in [-0.1, -0.05) is 49.9 Å². The van der Waals surface area contributed by atoms with Crippen molar-refractivity contribution in [2.24, 2.45) is 22.7 Å². The highest BCUT2D eigenvalue weighted by Crippen LogP contribution is 2.43. The minimum absolute atomic E-state index is 0.0585. The number of rotatable bonds is 10. The van der Waals surface area contributed by atoms with E-state index in [2.05, 4.69) is 55.1 Å². The maximum atomic E-state index is 13.5. The second-order valence-corrected chi connectivity index (χ2v) is 11.9. The lowest BCUT2D eigenvalue weighted by Gasteiger charge is -2.31. The molecule has 44 heavy (non-hydrogen) atoms. The number of allylic oxidation sites excluding steroid dienone is 5. The number of hydrogen-bond donors (Lipinski definition) is 1. The summed E-state index contributed by atoms with van der Waals surface area (Å²) in [7, 11) is 1.69. The summed E-state index contributed by atoms with van der Waals surface area (Å²) >= 11 is 0. The highest BCUT2D eigenvalue weighted by Gasteiger charge is 2.28. The van der Waals surface area contributed by atoms with Crippen LogP contribution in [0.2, 0.25) is 0 Å². The molecule has 0 saturated heterocycles. The third kappa shape index (κ3) is 6.67. The molecule has 2 aliphatic rings. The first kappa shape index (κ1) is 30.9. The quantitative estimate of drug-likeness (QED) is 0.110. The van der Waals surface area contributed by atoms with E-state index in [1.807, 2.05) is 43.3 Å². The molecule has 1 atom stereocenters. The van der Waals surface area contributed by atoms with Crippen LogP contribution in [0.5, 0.6) is 5.75 Å². The molecule has 0 radical (unpaired) electrons. The number of halogens is 1. The molecule has 1 unspecified atom stereocenters. The van der Waals surface area contributed by atoms with Crippen molar-refractivity contribution in [2.75, 3.05) is 7.11 Å². The van der Waals surface area contributed by atoms with Crippen LogP contribution in [0.15, 0.2) is 108 Å². The van der Waals surface area contributed by atoms with E-state index in [0.29, 0.717) is 11.8 Å². The molecule has 1 fully saturated rings. The molecule has 0 aromatic heterocycles. The number of fused-ring (bicyclic) bond motifs is 1. The van der Waals surface area contributed by atoms with Crippen molar-refractivity contribution in [3.8, 4) is 16.9 Å². The Morgan fingerprint density at radius 3 is 2.48 bits per heavy atom. The van der Waals surface area contributed by atoms with Gasteiger partial charge in [-0.2, -0.15) is 0 Å². The number of aliphatic imine (C=N–C) groups is 1. The lowest BCUT2D eigenvalue weighted by Crippen LogP contribution is -2.18. The van der Waals surface area contributed by atoms with Gasteiger partial charge in [0.2, 0.25) is 0 Å². The molecule has 1 N–H and O–H groups in total. The summed E-state index contributed by atoms with van der Waals surface area (Å²) in [5, 5.41) is 8.43. The van der Waals surface area contributed by atoms with Crippen LogP contribution in [-0.4, -0.2) is 19.5 Å². The Morgan fingerprint density at radius 1 is 1.07 bits per heavy atom. The molecular formula is C40H41FN2O. The van der Waals surface area contributed by atoms with Gasteiger partial charge in [0.15, 0.2) is 0 Å². The minimum atomic E-state index is -0.236. The van der Waals surface area contributed by atoms with Crippen LogP contribution in [0.25, 0.3) is 22.3 Å². The summed E-state index contributed by atoms with van der Waals surface area (Å²) in [6.45, 7) is 12.8. The summed E-state index contributed by atoms with van der Waals surface area (Å²) in [5.41, 5.74) is 13.9. The van der Waals surface area contributed by atoms with E-state index in [9.17, 15) is 4.39 Å². The number of aryl methyl sites for hydroxylation is 1. The number of hydrogen-bond acceptors (Lipinski definition) is 3. The predicted molar refractivity (Wildman–Crippen MR) is 183 cm³/mol. The van der Waals surface area contributed by atoms with Crippen molar-refractivity contribution in [1.29, 1.82) is 5.41 Å². The molecule has 3 aromatic carbocycles. The fraction of sp³-hybridized carbons (Fsp3) is 0.275. The number of ether oxygens (including phenoxy) is 1. The van der Waals surface area contributed by atoms with Crippen molar-refractivity contribution >= 4 is 29.3 Å². The third-order valence-electron chi connectivity index (χ3n) is 9.19. The highest BCUT2D eigenvalue weighted by molar-refractivity contribution is 5.95. The van der Waals surface area contributed by atoms with E-state index in [1.165, 1.54) is 23.9 Å². The molecule has 5 rings (SSSR count). The lowest BCUT2D eigenvalue weighted by atomic mass is 9.73. The molecule has 1 aliphatic heterocycles. The number of nitrogens with one attached hydrogen (secondary N) is 1. The Labute approximate surface area is 261 Å². The van der Waals surface area contributed by atoms with Gasteiger partial charge in [0, 0.05) is 23.6 Å². The zero-order valence-corrected chi connectivity index (χ0v) is 26.0. The van der Waals surface area contributed by atoms with Gasteiger partial charge in [-0.05, 0) is 132 Å². The van der Waals surface area contributed by atoms with Crippen LogP contribution in [0, 0.1) is 35.9 Å². The fourth-order valence-electron chi connectivity index (χ4n) is 6.55. The molecule has 0 amide bonds. The van der Waals surface area contributed by atoms with Crippen molar-refractivity contribution in [3.05, 3.63) is 125 Å². The van der Waals surface area contributed by atoms with Crippen LogP contribution in [0.1, 0.15) is 55.7 Å². The molecule has 3 nitrogen and oxygen atoms in total. The smallest absolute Gasteiger partial charge is 0.123 e.